The second-order valence-electron chi connectivity index (χ2n) is 5.00. The van der Waals surface area contributed by atoms with Crippen molar-refractivity contribution in [2.45, 2.75) is 0 Å². The van der Waals surface area contributed by atoms with Crippen LogP contribution in [-0.4, -0.2) is 45.8 Å². The summed E-state index contributed by atoms with van der Waals surface area (Å²) < 4.78 is 5.39. The molecule has 0 aliphatic carbocycles. The van der Waals surface area contributed by atoms with Crippen molar-refractivity contribution in [3.63, 3.8) is 0 Å². The number of rotatable bonds is 6. The van der Waals surface area contributed by atoms with Gasteiger partial charge in [0.25, 0.3) is 0 Å². The molecule has 1 heterocycles. The quantitative estimate of drug-likeness (QED) is 0.603. The van der Waals surface area contributed by atoms with E-state index in [0.717, 1.165) is 16.6 Å². The van der Waals surface area contributed by atoms with E-state index in [2.05, 4.69) is 9.97 Å². The summed E-state index contributed by atoms with van der Waals surface area (Å²) in [6.07, 6.45) is 0. The van der Waals surface area contributed by atoms with Gasteiger partial charge in [0.2, 0.25) is 0 Å². The lowest BCUT2D eigenvalue weighted by atomic mass is 10.1. The van der Waals surface area contributed by atoms with Crippen LogP contribution in [0.1, 0.15) is 10.4 Å². The maximum atomic E-state index is 11.6. The molecule has 3 rings (SSSR count). The number of aromatic amines is 1. The predicted octanol–water partition coefficient (Wildman–Crippen LogP) is 1.78. The highest BCUT2D eigenvalue weighted by Gasteiger charge is 2.10. The molecule has 0 unspecified atom stereocenters. The molecule has 3 aromatic rings. The van der Waals surface area contributed by atoms with E-state index in [4.69, 9.17) is 14.9 Å². The van der Waals surface area contributed by atoms with Crippen LogP contribution in [0.4, 0.5) is 0 Å². The van der Waals surface area contributed by atoms with Crippen molar-refractivity contribution in [3.05, 3.63) is 48.0 Å². The lowest BCUT2D eigenvalue weighted by Crippen LogP contribution is -2.03. The summed E-state index contributed by atoms with van der Waals surface area (Å²) in [6.45, 7) is -0.330. The summed E-state index contributed by atoms with van der Waals surface area (Å²) in [5, 5.41) is 17.7. The lowest BCUT2D eigenvalue weighted by molar-refractivity contribution is 0.0904. The summed E-state index contributed by atoms with van der Waals surface area (Å²) in [4.78, 5) is 19.2. The van der Waals surface area contributed by atoms with Crippen molar-refractivity contribution in [2.75, 3.05) is 19.8 Å². The van der Waals surface area contributed by atoms with Crippen molar-refractivity contribution in [3.8, 4) is 17.1 Å². The fourth-order valence-electron chi connectivity index (χ4n) is 2.31. The fraction of sp³-hybridized carbons (Fsp3) is 0.176. The average molecular weight is 312 g/mol. The normalized spacial score (nSPS) is 10.9. The molecule has 0 saturated carbocycles. The Hall–Kier alpha value is -2.70. The van der Waals surface area contributed by atoms with Gasteiger partial charge in [-0.25, -0.2) is 4.98 Å². The number of benzene rings is 2. The highest BCUT2D eigenvalue weighted by atomic mass is 16.5. The minimum atomic E-state index is -0.517. The number of hydrogen-bond acceptors (Lipinski definition) is 5. The van der Waals surface area contributed by atoms with E-state index in [1.165, 1.54) is 0 Å². The van der Waals surface area contributed by atoms with Crippen LogP contribution in [0.25, 0.3) is 22.4 Å². The maximum Gasteiger partial charge on any atom is 0.188 e. The Bertz CT molecular complexity index is 841. The van der Waals surface area contributed by atoms with Gasteiger partial charge < -0.3 is 19.9 Å². The third-order valence-corrected chi connectivity index (χ3v) is 3.41. The molecule has 0 atom stereocenters. The topological polar surface area (TPSA) is 95.4 Å². The number of fused-ring (bicyclic) bond motifs is 1. The van der Waals surface area contributed by atoms with E-state index in [-0.39, 0.29) is 19.0 Å². The number of hydrogen-bond donors (Lipinski definition) is 3. The molecule has 0 aliphatic heterocycles. The van der Waals surface area contributed by atoms with Gasteiger partial charge in [-0.1, -0.05) is 12.1 Å². The third-order valence-electron chi connectivity index (χ3n) is 3.41. The largest absolute Gasteiger partial charge is 0.491 e. The molecule has 0 fully saturated rings. The van der Waals surface area contributed by atoms with Crippen molar-refractivity contribution in [2.24, 2.45) is 0 Å². The van der Waals surface area contributed by atoms with Crippen LogP contribution in [-0.2, 0) is 0 Å². The molecule has 0 bridgehead atoms. The summed E-state index contributed by atoms with van der Waals surface area (Å²) in [5.41, 5.74) is 2.74. The van der Waals surface area contributed by atoms with Crippen LogP contribution in [0.2, 0.25) is 0 Å². The van der Waals surface area contributed by atoms with Crippen molar-refractivity contribution in [1.82, 2.24) is 9.97 Å². The summed E-state index contributed by atoms with van der Waals surface area (Å²) >= 11 is 0. The number of ether oxygens (including phenoxy) is 1. The fourth-order valence-corrected chi connectivity index (χ4v) is 2.31. The van der Waals surface area contributed by atoms with Gasteiger partial charge in [-0.2, -0.15) is 0 Å². The summed E-state index contributed by atoms with van der Waals surface area (Å²) in [5.74, 6) is 0.971. The van der Waals surface area contributed by atoms with Crippen LogP contribution in [0.3, 0.4) is 0 Å². The molecule has 3 N–H and O–H groups in total. The van der Waals surface area contributed by atoms with Crippen molar-refractivity contribution in [1.29, 1.82) is 0 Å². The molecule has 118 valence electrons. The van der Waals surface area contributed by atoms with Crippen LogP contribution in [0, 0.1) is 0 Å². The highest BCUT2D eigenvalue weighted by molar-refractivity contribution is 5.99. The smallest absolute Gasteiger partial charge is 0.188 e. The van der Waals surface area contributed by atoms with Crippen LogP contribution in [0.5, 0.6) is 5.75 Å². The van der Waals surface area contributed by atoms with Crippen molar-refractivity contribution < 1.29 is 19.7 Å². The Morgan fingerprint density at radius 3 is 2.83 bits per heavy atom. The summed E-state index contributed by atoms with van der Waals surface area (Å²) in [6, 6.07) is 12.4. The molecular weight excluding hydrogens is 296 g/mol. The molecular formula is C17H16N2O4. The van der Waals surface area contributed by atoms with E-state index in [1.807, 2.05) is 18.2 Å². The van der Waals surface area contributed by atoms with E-state index in [1.54, 1.807) is 24.3 Å². The lowest BCUT2D eigenvalue weighted by Gasteiger charge is -2.05. The van der Waals surface area contributed by atoms with Gasteiger partial charge in [0.05, 0.1) is 17.6 Å². The van der Waals surface area contributed by atoms with E-state index in [9.17, 15) is 4.79 Å². The van der Waals surface area contributed by atoms with Crippen molar-refractivity contribution >= 4 is 16.8 Å². The van der Waals surface area contributed by atoms with Crippen LogP contribution in [0.15, 0.2) is 42.5 Å². The second-order valence-corrected chi connectivity index (χ2v) is 5.00. The van der Waals surface area contributed by atoms with Gasteiger partial charge in [0.1, 0.15) is 24.8 Å². The average Bonchev–Trinajstić information content (AvgIpc) is 3.02. The molecule has 6 heteroatoms. The number of Topliss-reactive ketones (excluding diaryl/α,β-unsaturated/α-hetero) is 1. The Morgan fingerprint density at radius 1 is 1.17 bits per heavy atom. The van der Waals surface area contributed by atoms with E-state index < -0.39 is 6.61 Å². The van der Waals surface area contributed by atoms with Gasteiger partial charge in [-0.3, -0.25) is 4.79 Å². The maximum absolute atomic E-state index is 11.6. The van der Waals surface area contributed by atoms with Gasteiger partial charge in [0, 0.05) is 11.1 Å². The Morgan fingerprint density at radius 2 is 2.04 bits per heavy atom. The van der Waals surface area contributed by atoms with Crippen LogP contribution < -0.4 is 4.74 Å². The molecule has 0 spiro atoms. The Labute approximate surface area is 132 Å². The standard InChI is InChI=1S/C17H16N2O4/c20-6-7-23-13-3-1-2-12(8-13)17-18-14-5-4-11(16(22)10-21)9-15(14)19-17/h1-5,8-9,20-21H,6-7,10H2,(H,18,19). The first kappa shape index (κ1) is 15.2. The first-order valence-electron chi connectivity index (χ1n) is 7.19. The number of H-pyrrole nitrogens is 1. The molecule has 23 heavy (non-hydrogen) atoms. The van der Waals surface area contributed by atoms with Gasteiger partial charge in [-0.05, 0) is 30.3 Å². The zero-order valence-electron chi connectivity index (χ0n) is 12.3. The third kappa shape index (κ3) is 3.23. The summed E-state index contributed by atoms with van der Waals surface area (Å²) in [7, 11) is 0. The SMILES string of the molecule is O=C(CO)c1ccc2nc(-c3cccc(OCCO)c3)[nH]c2c1. The highest BCUT2D eigenvalue weighted by Crippen LogP contribution is 2.24. The van der Waals surface area contributed by atoms with E-state index >= 15 is 0 Å². The number of aliphatic hydroxyl groups is 2. The predicted molar refractivity (Wildman–Crippen MR) is 85.5 cm³/mol. The number of nitrogens with zero attached hydrogens (tertiary/aromatic N) is 1. The monoisotopic (exact) mass is 312 g/mol. The number of aliphatic hydroxyl groups excluding tert-OH is 2. The zero-order valence-corrected chi connectivity index (χ0v) is 12.3. The molecule has 2 aromatic carbocycles. The van der Waals surface area contributed by atoms with Gasteiger partial charge in [0.15, 0.2) is 5.78 Å². The molecule has 6 nitrogen and oxygen atoms in total. The Kier molecular flexibility index (Phi) is 4.36. The van der Waals surface area contributed by atoms with Gasteiger partial charge in [-0.15, -0.1) is 0 Å². The number of ketones is 1. The molecule has 0 radical (unpaired) electrons. The zero-order chi connectivity index (χ0) is 16.2. The molecule has 0 aliphatic rings. The van der Waals surface area contributed by atoms with E-state index in [0.29, 0.717) is 17.1 Å². The number of imidazole rings is 1. The minimum absolute atomic E-state index is 0.0451. The van der Waals surface area contributed by atoms with Gasteiger partial charge >= 0.3 is 0 Å². The van der Waals surface area contributed by atoms with Crippen LogP contribution >= 0.6 is 0 Å². The minimum Gasteiger partial charge on any atom is -0.491 e. The number of carbonyl (C=O) groups is 1. The second kappa shape index (κ2) is 6.60. The first-order chi connectivity index (χ1) is 11.2. The molecule has 0 amide bonds. The molecule has 1 aromatic heterocycles. The molecule has 0 saturated heterocycles. The number of aromatic nitrogens is 2. The first-order valence-corrected chi connectivity index (χ1v) is 7.19. The Balaban J connectivity index is 1.95. The number of nitrogens with one attached hydrogen (secondary N) is 1. The number of carbonyl (C=O) groups excluding carboxylic acids is 1.